The second kappa shape index (κ2) is 7.43. The van der Waals surface area contributed by atoms with Crippen LogP contribution in [0.4, 0.5) is 0 Å². The van der Waals surface area contributed by atoms with Crippen LogP contribution in [0.15, 0.2) is 35.7 Å². The summed E-state index contributed by atoms with van der Waals surface area (Å²) in [5.41, 5.74) is 0.847. The molecule has 0 bridgehead atoms. The van der Waals surface area contributed by atoms with Crippen molar-refractivity contribution in [1.29, 1.82) is 0 Å². The molecular formula is C14H21NO3S. The van der Waals surface area contributed by atoms with Crippen LogP contribution in [0.5, 0.6) is 0 Å². The van der Waals surface area contributed by atoms with Crippen molar-refractivity contribution in [3.8, 4) is 0 Å². The largest absolute Gasteiger partial charge is 0.380 e. The third-order valence-electron chi connectivity index (χ3n) is 2.77. The van der Waals surface area contributed by atoms with Gasteiger partial charge in [-0.2, -0.15) is 0 Å². The fourth-order valence-corrected chi connectivity index (χ4v) is 2.40. The van der Waals surface area contributed by atoms with Gasteiger partial charge in [-0.1, -0.05) is 44.2 Å². The van der Waals surface area contributed by atoms with Crippen LogP contribution in [0.2, 0.25) is 0 Å². The van der Waals surface area contributed by atoms with E-state index in [9.17, 15) is 8.42 Å². The van der Waals surface area contributed by atoms with Gasteiger partial charge < -0.3 is 4.74 Å². The Bertz CT molecular complexity index is 495. The van der Waals surface area contributed by atoms with E-state index in [2.05, 4.69) is 4.72 Å². The lowest BCUT2D eigenvalue weighted by molar-refractivity contribution is 0.0692. The van der Waals surface area contributed by atoms with Gasteiger partial charge in [0.1, 0.15) is 0 Å². The second-order valence-electron chi connectivity index (χ2n) is 4.63. The lowest BCUT2D eigenvalue weighted by Gasteiger charge is -2.18. The highest BCUT2D eigenvalue weighted by Crippen LogP contribution is 2.06. The van der Waals surface area contributed by atoms with Crippen LogP contribution >= 0.6 is 0 Å². The summed E-state index contributed by atoms with van der Waals surface area (Å²) >= 11 is 0. The minimum Gasteiger partial charge on any atom is -0.380 e. The molecule has 1 atom stereocenters. The zero-order valence-electron chi connectivity index (χ0n) is 11.5. The van der Waals surface area contributed by atoms with Gasteiger partial charge >= 0.3 is 0 Å². The van der Waals surface area contributed by atoms with Gasteiger partial charge in [0.25, 0.3) is 0 Å². The molecule has 0 heterocycles. The molecule has 0 aliphatic heterocycles. The lowest BCUT2D eigenvalue weighted by atomic mass is 10.1. The molecule has 106 valence electrons. The first kappa shape index (κ1) is 15.9. The summed E-state index contributed by atoms with van der Waals surface area (Å²) in [6.07, 6.45) is 1.44. The Hall–Kier alpha value is -1.17. The second-order valence-corrected chi connectivity index (χ2v) is 6.28. The highest BCUT2D eigenvalue weighted by Gasteiger charge is 2.15. The van der Waals surface area contributed by atoms with Crippen molar-refractivity contribution in [1.82, 2.24) is 4.72 Å². The molecule has 1 rings (SSSR count). The molecule has 19 heavy (non-hydrogen) atoms. The number of nitrogens with one attached hydrogen (secondary N) is 1. The third-order valence-corrected chi connectivity index (χ3v) is 3.83. The van der Waals surface area contributed by atoms with Gasteiger partial charge in [-0.15, -0.1) is 0 Å². The standard InChI is InChI=1S/C14H21NO3S/c1-12(2)14(18-3)11-15-19(16,17)10-9-13-7-5-4-6-8-13/h4-10,12,14-15H,11H2,1-3H3/b10-9+. The average Bonchev–Trinajstić information content (AvgIpc) is 2.38. The van der Waals surface area contributed by atoms with Crippen molar-refractivity contribution in [3.05, 3.63) is 41.3 Å². The molecule has 1 N–H and O–H groups in total. The van der Waals surface area contributed by atoms with E-state index in [0.717, 1.165) is 5.56 Å². The van der Waals surface area contributed by atoms with Crippen molar-refractivity contribution in [2.45, 2.75) is 20.0 Å². The molecule has 0 saturated heterocycles. The number of methoxy groups -OCH3 is 1. The van der Waals surface area contributed by atoms with Crippen molar-refractivity contribution in [3.63, 3.8) is 0 Å². The van der Waals surface area contributed by atoms with E-state index < -0.39 is 10.0 Å². The first-order valence-corrected chi connectivity index (χ1v) is 7.75. The van der Waals surface area contributed by atoms with Crippen LogP contribution < -0.4 is 4.72 Å². The number of hydrogen-bond acceptors (Lipinski definition) is 3. The Morgan fingerprint density at radius 3 is 2.42 bits per heavy atom. The Morgan fingerprint density at radius 2 is 1.89 bits per heavy atom. The van der Waals surface area contributed by atoms with E-state index in [4.69, 9.17) is 4.74 Å². The number of ether oxygens (including phenoxy) is 1. The van der Waals surface area contributed by atoms with Gasteiger partial charge in [0.05, 0.1) is 6.10 Å². The number of benzene rings is 1. The van der Waals surface area contributed by atoms with Gasteiger partial charge in [-0.25, -0.2) is 13.1 Å². The number of sulfonamides is 1. The van der Waals surface area contributed by atoms with Gasteiger partial charge in [-0.3, -0.25) is 0 Å². The maximum absolute atomic E-state index is 11.8. The Labute approximate surface area is 115 Å². The molecule has 1 aromatic carbocycles. The molecule has 4 nitrogen and oxygen atoms in total. The zero-order valence-corrected chi connectivity index (χ0v) is 12.4. The Balaban J connectivity index is 2.60. The highest BCUT2D eigenvalue weighted by molar-refractivity contribution is 7.92. The number of rotatable bonds is 7. The van der Waals surface area contributed by atoms with Gasteiger partial charge in [0.2, 0.25) is 10.0 Å². The van der Waals surface area contributed by atoms with Crippen molar-refractivity contribution in [2.24, 2.45) is 5.92 Å². The normalized spacial score (nSPS) is 14.1. The van der Waals surface area contributed by atoms with Crippen LogP contribution in [-0.4, -0.2) is 28.2 Å². The van der Waals surface area contributed by atoms with Crippen LogP contribution in [0.3, 0.4) is 0 Å². The van der Waals surface area contributed by atoms with E-state index in [0.29, 0.717) is 0 Å². The molecule has 1 unspecified atom stereocenters. The molecule has 0 aliphatic rings. The van der Waals surface area contributed by atoms with Crippen molar-refractivity contribution in [2.75, 3.05) is 13.7 Å². The summed E-state index contributed by atoms with van der Waals surface area (Å²) in [6, 6.07) is 9.30. The van der Waals surface area contributed by atoms with E-state index in [-0.39, 0.29) is 18.6 Å². The predicted molar refractivity (Wildman–Crippen MR) is 78.0 cm³/mol. The van der Waals surface area contributed by atoms with Crippen LogP contribution in [-0.2, 0) is 14.8 Å². The molecule has 0 aromatic heterocycles. The third kappa shape index (κ3) is 6.00. The molecule has 0 aliphatic carbocycles. The molecule has 5 heteroatoms. The fourth-order valence-electron chi connectivity index (χ4n) is 1.57. The van der Waals surface area contributed by atoms with Gasteiger partial charge in [0.15, 0.2) is 0 Å². The smallest absolute Gasteiger partial charge is 0.233 e. The predicted octanol–water partition coefficient (Wildman–Crippen LogP) is 2.25. The maximum atomic E-state index is 11.8. The van der Waals surface area contributed by atoms with E-state index in [1.165, 1.54) is 5.41 Å². The zero-order chi connectivity index (χ0) is 14.3. The Kier molecular flexibility index (Phi) is 6.21. The molecule has 0 fully saturated rings. The first-order chi connectivity index (χ1) is 8.94. The van der Waals surface area contributed by atoms with Gasteiger partial charge in [-0.05, 0) is 17.6 Å². The molecule has 0 amide bonds. The van der Waals surface area contributed by atoms with E-state index >= 15 is 0 Å². The molecule has 0 spiro atoms. The van der Waals surface area contributed by atoms with Gasteiger partial charge in [0, 0.05) is 19.1 Å². The topological polar surface area (TPSA) is 55.4 Å². The fraction of sp³-hybridized carbons (Fsp3) is 0.429. The van der Waals surface area contributed by atoms with Crippen molar-refractivity contribution >= 4 is 16.1 Å². The summed E-state index contributed by atoms with van der Waals surface area (Å²) in [5.74, 6) is 0.255. The Morgan fingerprint density at radius 1 is 1.26 bits per heavy atom. The lowest BCUT2D eigenvalue weighted by Crippen LogP contribution is -2.35. The summed E-state index contributed by atoms with van der Waals surface area (Å²) < 4.78 is 31.3. The summed E-state index contributed by atoms with van der Waals surface area (Å²) in [6.45, 7) is 4.25. The quantitative estimate of drug-likeness (QED) is 0.835. The SMILES string of the molecule is COC(CNS(=O)(=O)/C=C/c1ccccc1)C(C)C. The van der Waals surface area contributed by atoms with E-state index in [1.807, 2.05) is 44.2 Å². The number of hydrogen-bond donors (Lipinski definition) is 1. The first-order valence-electron chi connectivity index (χ1n) is 6.20. The molecule has 1 aromatic rings. The van der Waals surface area contributed by atoms with E-state index in [1.54, 1.807) is 13.2 Å². The molecule has 0 radical (unpaired) electrons. The minimum absolute atomic E-state index is 0.125. The molecular weight excluding hydrogens is 262 g/mol. The van der Waals surface area contributed by atoms with Crippen LogP contribution in [0.1, 0.15) is 19.4 Å². The maximum Gasteiger partial charge on any atom is 0.233 e. The summed E-state index contributed by atoms with van der Waals surface area (Å²) in [4.78, 5) is 0. The average molecular weight is 283 g/mol. The summed E-state index contributed by atoms with van der Waals surface area (Å²) in [7, 11) is -1.85. The van der Waals surface area contributed by atoms with Crippen LogP contribution in [0.25, 0.3) is 6.08 Å². The van der Waals surface area contributed by atoms with Crippen LogP contribution in [0, 0.1) is 5.92 Å². The highest BCUT2D eigenvalue weighted by atomic mass is 32.2. The molecule has 0 saturated carbocycles. The minimum atomic E-state index is -3.43. The monoisotopic (exact) mass is 283 g/mol. The van der Waals surface area contributed by atoms with Crippen molar-refractivity contribution < 1.29 is 13.2 Å². The summed E-state index contributed by atoms with van der Waals surface area (Å²) in [5, 5.41) is 1.18.